The molecule has 0 saturated heterocycles. The highest BCUT2D eigenvalue weighted by Crippen LogP contribution is 2.31. The Kier molecular flexibility index (Phi) is 3.61. The highest BCUT2D eigenvalue weighted by molar-refractivity contribution is 7.86. The predicted molar refractivity (Wildman–Crippen MR) is 72.0 cm³/mol. The Hall–Kier alpha value is -1.11. The number of hydrogen-bond acceptors (Lipinski definition) is 3. The second-order valence-corrected chi connectivity index (χ2v) is 6.91. The quantitative estimate of drug-likeness (QED) is 0.812. The van der Waals surface area contributed by atoms with E-state index >= 15 is 0 Å². The van der Waals surface area contributed by atoms with E-state index in [2.05, 4.69) is 0 Å². The summed E-state index contributed by atoms with van der Waals surface area (Å²) in [6.45, 7) is 0.385. The molecule has 6 heteroatoms. The van der Waals surface area contributed by atoms with Gasteiger partial charge >= 0.3 is 0 Å². The van der Waals surface area contributed by atoms with Gasteiger partial charge in [0.1, 0.15) is 0 Å². The number of rotatable bonds is 5. The highest BCUT2D eigenvalue weighted by Gasteiger charge is 2.38. The molecule has 100 valence electrons. The van der Waals surface area contributed by atoms with Crippen LogP contribution in [-0.2, 0) is 16.8 Å². The summed E-state index contributed by atoms with van der Waals surface area (Å²) in [7, 11) is -0.242. The van der Waals surface area contributed by atoms with Crippen LogP contribution in [0.1, 0.15) is 18.4 Å². The summed E-state index contributed by atoms with van der Waals surface area (Å²) in [4.78, 5) is 0. The van der Waals surface area contributed by atoms with Crippen molar-refractivity contribution in [1.82, 2.24) is 8.61 Å². The molecule has 1 saturated carbocycles. The van der Waals surface area contributed by atoms with Crippen LogP contribution in [0.5, 0.6) is 0 Å². The van der Waals surface area contributed by atoms with Crippen molar-refractivity contribution in [1.29, 1.82) is 0 Å². The summed E-state index contributed by atoms with van der Waals surface area (Å²) in [5.74, 6) is 0. The molecule has 0 heterocycles. The molecule has 0 aromatic heterocycles. The van der Waals surface area contributed by atoms with Crippen LogP contribution in [0.4, 0.5) is 5.69 Å². The van der Waals surface area contributed by atoms with Crippen LogP contribution in [0.15, 0.2) is 24.3 Å². The maximum absolute atomic E-state index is 12.2. The molecular weight excluding hydrogens is 250 g/mol. The lowest BCUT2D eigenvalue weighted by molar-refractivity contribution is 0.363. The summed E-state index contributed by atoms with van der Waals surface area (Å²) >= 11 is 0. The summed E-state index contributed by atoms with van der Waals surface area (Å²) < 4.78 is 27.3. The van der Waals surface area contributed by atoms with E-state index in [-0.39, 0.29) is 6.04 Å². The molecule has 0 atom stereocenters. The molecule has 0 spiro atoms. The van der Waals surface area contributed by atoms with Gasteiger partial charge in [0, 0.05) is 32.4 Å². The number of nitrogen functional groups attached to an aromatic ring is 1. The Morgan fingerprint density at radius 2 is 2.00 bits per heavy atom. The lowest BCUT2D eigenvalue weighted by atomic mass is 10.2. The van der Waals surface area contributed by atoms with Gasteiger partial charge in [0.2, 0.25) is 0 Å². The van der Waals surface area contributed by atoms with Crippen molar-refractivity contribution < 1.29 is 8.42 Å². The number of benzene rings is 1. The molecule has 2 N–H and O–H groups in total. The molecular formula is C12H19N3O2S. The van der Waals surface area contributed by atoms with Crippen LogP contribution < -0.4 is 5.73 Å². The molecule has 1 aromatic carbocycles. The van der Waals surface area contributed by atoms with Gasteiger partial charge in [-0.3, -0.25) is 0 Å². The van der Waals surface area contributed by atoms with Gasteiger partial charge in [-0.05, 0) is 30.5 Å². The average molecular weight is 269 g/mol. The van der Waals surface area contributed by atoms with Gasteiger partial charge in [0.05, 0.1) is 0 Å². The van der Waals surface area contributed by atoms with Crippen molar-refractivity contribution in [2.45, 2.75) is 25.4 Å². The van der Waals surface area contributed by atoms with Crippen molar-refractivity contribution in [3.05, 3.63) is 29.8 Å². The lowest BCUT2D eigenvalue weighted by Gasteiger charge is -2.25. The third-order valence-electron chi connectivity index (χ3n) is 3.00. The van der Waals surface area contributed by atoms with Crippen LogP contribution in [0, 0.1) is 0 Å². The summed E-state index contributed by atoms with van der Waals surface area (Å²) in [5.41, 5.74) is 7.30. The van der Waals surface area contributed by atoms with E-state index in [1.165, 1.54) is 4.31 Å². The second kappa shape index (κ2) is 4.87. The van der Waals surface area contributed by atoms with E-state index in [1.807, 2.05) is 18.2 Å². The molecule has 0 amide bonds. The van der Waals surface area contributed by atoms with Crippen molar-refractivity contribution in [2.75, 3.05) is 19.8 Å². The zero-order valence-corrected chi connectivity index (χ0v) is 11.5. The van der Waals surface area contributed by atoms with Gasteiger partial charge in [-0.25, -0.2) is 0 Å². The van der Waals surface area contributed by atoms with Crippen LogP contribution >= 0.6 is 0 Å². The first kappa shape index (κ1) is 13.3. The fraction of sp³-hybridized carbons (Fsp3) is 0.500. The average Bonchev–Trinajstić information content (AvgIpc) is 3.09. The van der Waals surface area contributed by atoms with Crippen LogP contribution in [-0.4, -0.2) is 37.2 Å². The molecule has 1 aliphatic rings. The Balaban J connectivity index is 2.22. The molecule has 1 aliphatic carbocycles. The Morgan fingerprint density at radius 1 is 1.33 bits per heavy atom. The first-order valence-electron chi connectivity index (χ1n) is 5.95. The molecule has 1 aromatic rings. The summed E-state index contributed by atoms with van der Waals surface area (Å²) in [5, 5.41) is 0. The largest absolute Gasteiger partial charge is 0.399 e. The van der Waals surface area contributed by atoms with Gasteiger partial charge in [-0.15, -0.1) is 0 Å². The van der Waals surface area contributed by atoms with E-state index in [1.54, 1.807) is 24.5 Å². The molecule has 0 bridgehead atoms. The molecule has 0 aliphatic heterocycles. The number of nitrogens with zero attached hydrogens (tertiary/aromatic N) is 2. The van der Waals surface area contributed by atoms with Crippen LogP contribution in [0.25, 0.3) is 0 Å². The monoisotopic (exact) mass is 269 g/mol. The molecule has 1 fully saturated rings. The minimum absolute atomic E-state index is 0.138. The maximum atomic E-state index is 12.2. The summed E-state index contributed by atoms with van der Waals surface area (Å²) in [6, 6.07) is 7.50. The SMILES string of the molecule is CN(C)S(=O)(=O)N(Cc1cccc(N)c1)C1CC1. The van der Waals surface area contributed by atoms with Gasteiger partial charge in [-0.1, -0.05) is 12.1 Å². The van der Waals surface area contributed by atoms with Gasteiger partial charge in [0.25, 0.3) is 10.2 Å². The highest BCUT2D eigenvalue weighted by atomic mass is 32.2. The van der Waals surface area contributed by atoms with Crippen LogP contribution in [0.2, 0.25) is 0 Å². The maximum Gasteiger partial charge on any atom is 0.282 e. The van der Waals surface area contributed by atoms with Crippen LogP contribution in [0.3, 0.4) is 0 Å². The molecule has 5 nitrogen and oxygen atoms in total. The normalized spacial score (nSPS) is 16.4. The molecule has 18 heavy (non-hydrogen) atoms. The van der Waals surface area contributed by atoms with E-state index < -0.39 is 10.2 Å². The van der Waals surface area contributed by atoms with E-state index in [0.717, 1.165) is 18.4 Å². The smallest absolute Gasteiger partial charge is 0.282 e. The molecule has 2 rings (SSSR count). The number of nitrogens with two attached hydrogens (primary N) is 1. The minimum Gasteiger partial charge on any atom is -0.399 e. The fourth-order valence-electron chi connectivity index (χ4n) is 1.84. The van der Waals surface area contributed by atoms with Crippen molar-refractivity contribution >= 4 is 15.9 Å². The predicted octanol–water partition coefficient (Wildman–Crippen LogP) is 1.04. The Morgan fingerprint density at radius 3 is 2.50 bits per heavy atom. The lowest BCUT2D eigenvalue weighted by Crippen LogP contribution is -2.40. The van der Waals surface area contributed by atoms with Crippen molar-refractivity contribution in [3.63, 3.8) is 0 Å². The van der Waals surface area contributed by atoms with Crippen molar-refractivity contribution in [3.8, 4) is 0 Å². The minimum atomic E-state index is -3.36. The number of hydrogen-bond donors (Lipinski definition) is 1. The van der Waals surface area contributed by atoms with Gasteiger partial charge in [0.15, 0.2) is 0 Å². The fourth-order valence-corrected chi connectivity index (χ4v) is 3.16. The van der Waals surface area contributed by atoms with Gasteiger partial charge < -0.3 is 5.73 Å². The third kappa shape index (κ3) is 2.82. The van der Waals surface area contributed by atoms with E-state index in [9.17, 15) is 8.42 Å². The zero-order valence-electron chi connectivity index (χ0n) is 10.7. The topological polar surface area (TPSA) is 66.6 Å². The molecule has 0 radical (unpaired) electrons. The van der Waals surface area contributed by atoms with E-state index in [4.69, 9.17) is 5.73 Å². The first-order valence-corrected chi connectivity index (χ1v) is 7.34. The second-order valence-electron chi connectivity index (χ2n) is 4.81. The molecule has 0 unspecified atom stereocenters. The Labute approximate surface area is 108 Å². The van der Waals surface area contributed by atoms with Crippen molar-refractivity contribution in [2.24, 2.45) is 0 Å². The first-order chi connectivity index (χ1) is 8.41. The summed E-state index contributed by atoms with van der Waals surface area (Å²) in [6.07, 6.45) is 1.88. The van der Waals surface area contributed by atoms with E-state index in [0.29, 0.717) is 12.2 Å². The zero-order chi connectivity index (χ0) is 13.3. The third-order valence-corrected chi connectivity index (χ3v) is 4.94. The Bertz CT molecular complexity index is 524. The number of anilines is 1. The van der Waals surface area contributed by atoms with Gasteiger partial charge in [-0.2, -0.15) is 17.0 Å². The standard InChI is InChI=1S/C12H19N3O2S/c1-14(2)18(16,17)15(12-6-7-12)9-10-4-3-5-11(13)8-10/h3-5,8,12H,6-7,9,13H2,1-2H3.